The summed E-state index contributed by atoms with van der Waals surface area (Å²) in [5.41, 5.74) is 1.10. The van der Waals surface area contributed by atoms with E-state index >= 15 is 0 Å². The summed E-state index contributed by atoms with van der Waals surface area (Å²) >= 11 is 0. The van der Waals surface area contributed by atoms with Gasteiger partial charge in [0, 0.05) is 18.2 Å². The van der Waals surface area contributed by atoms with Gasteiger partial charge in [-0.05, 0) is 48.7 Å². The SMILES string of the molecule is O=C(NC1CCCC1)c1cccc(S(=O)(=O)NCc2ccc3c(c2)OCO3)c1. The summed E-state index contributed by atoms with van der Waals surface area (Å²) in [6.07, 6.45) is 4.17. The standard InChI is InChI=1S/C20H22N2O5S/c23-20(22-16-5-1-2-6-16)15-4-3-7-17(11-15)28(24,25)21-12-14-8-9-18-19(10-14)27-13-26-18/h3-4,7-11,16,21H,1-2,5-6,12-13H2,(H,22,23). The van der Waals surface area contributed by atoms with E-state index in [1.54, 1.807) is 30.3 Å². The fraction of sp³-hybridized carbons (Fsp3) is 0.350. The number of sulfonamides is 1. The predicted molar refractivity (Wildman–Crippen MR) is 103 cm³/mol. The first kappa shape index (κ1) is 18.8. The lowest BCUT2D eigenvalue weighted by Crippen LogP contribution is -2.32. The number of fused-ring (bicyclic) bond motifs is 1. The minimum Gasteiger partial charge on any atom is -0.454 e. The van der Waals surface area contributed by atoms with Crippen molar-refractivity contribution in [3.05, 3.63) is 53.6 Å². The lowest BCUT2D eigenvalue weighted by atomic mass is 10.2. The molecule has 1 heterocycles. The maximum absolute atomic E-state index is 12.7. The van der Waals surface area contributed by atoms with Crippen LogP contribution in [-0.4, -0.2) is 27.2 Å². The van der Waals surface area contributed by atoms with Gasteiger partial charge in [-0.25, -0.2) is 13.1 Å². The quantitative estimate of drug-likeness (QED) is 0.775. The Bertz CT molecular complexity index is 984. The van der Waals surface area contributed by atoms with E-state index in [1.165, 1.54) is 12.1 Å². The molecule has 1 saturated carbocycles. The van der Waals surface area contributed by atoms with Gasteiger partial charge in [-0.15, -0.1) is 0 Å². The molecular weight excluding hydrogens is 380 g/mol. The van der Waals surface area contributed by atoms with Gasteiger partial charge in [0.2, 0.25) is 16.8 Å². The van der Waals surface area contributed by atoms with Gasteiger partial charge in [0.25, 0.3) is 5.91 Å². The Morgan fingerprint density at radius 3 is 2.64 bits per heavy atom. The third kappa shape index (κ3) is 4.13. The highest BCUT2D eigenvalue weighted by Gasteiger charge is 2.20. The van der Waals surface area contributed by atoms with Crippen molar-refractivity contribution in [2.45, 2.75) is 43.2 Å². The summed E-state index contributed by atoms with van der Waals surface area (Å²) in [6.45, 7) is 0.275. The molecule has 8 heteroatoms. The summed E-state index contributed by atoms with van der Waals surface area (Å²) in [7, 11) is -3.76. The van der Waals surface area contributed by atoms with Crippen molar-refractivity contribution in [3.63, 3.8) is 0 Å². The number of hydrogen-bond acceptors (Lipinski definition) is 5. The van der Waals surface area contributed by atoms with Gasteiger partial charge in [0.05, 0.1) is 4.90 Å². The molecule has 0 radical (unpaired) electrons. The van der Waals surface area contributed by atoms with E-state index in [0.29, 0.717) is 17.1 Å². The number of benzene rings is 2. The molecule has 1 aliphatic heterocycles. The van der Waals surface area contributed by atoms with E-state index in [-0.39, 0.29) is 30.2 Å². The minimum atomic E-state index is -3.76. The molecule has 28 heavy (non-hydrogen) atoms. The van der Waals surface area contributed by atoms with Gasteiger partial charge in [-0.3, -0.25) is 4.79 Å². The van der Waals surface area contributed by atoms with Crippen LogP contribution in [0.4, 0.5) is 0 Å². The molecule has 0 unspecified atom stereocenters. The maximum Gasteiger partial charge on any atom is 0.251 e. The van der Waals surface area contributed by atoms with Crippen LogP contribution in [0.5, 0.6) is 11.5 Å². The zero-order valence-corrected chi connectivity index (χ0v) is 16.1. The van der Waals surface area contributed by atoms with Crippen LogP contribution in [0.3, 0.4) is 0 Å². The van der Waals surface area contributed by atoms with E-state index in [1.807, 2.05) is 0 Å². The predicted octanol–water partition coefficient (Wildman–Crippen LogP) is 2.57. The summed E-state index contributed by atoms with van der Waals surface area (Å²) in [6, 6.07) is 11.6. The van der Waals surface area contributed by atoms with Crippen molar-refractivity contribution in [1.29, 1.82) is 0 Å². The van der Waals surface area contributed by atoms with Gasteiger partial charge in [0.15, 0.2) is 11.5 Å². The van der Waals surface area contributed by atoms with Crippen molar-refractivity contribution < 1.29 is 22.7 Å². The van der Waals surface area contributed by atoms with Crippen LogP contribution in [0.15, 0.2) is 47.4 Å². The highest BCUT2D eigenvalue weighted by atomic mass is 32.2. The van der Waals surface area contributed by atoms with E-state index in [0.717, 1.165) is 31.2 Å². The Morgan fingerprint density at radius 1 is 1.04 bits per heavy atom. The molecule has 0 bridgehead atoms. The van der Waals surface area contributed by atoms with Gasteiger partial charge >= 0.3 is 0 Å². The van der Waals surface area contributed by atoms with Crippen molar-refractivity contribution in [2.75, 3.05) is 6.79 Å². The van der Waals surface area contributed by atoms with Crippen LogP contribution in [0.2, 0.25) is 0 Å². The largest absolute Gasteiger partial charge is 0.454 e. The van der Waals surface area contributed by atoms with E-state index in [4.69, 9.17) is 9.47 Å². The first-order valence-electron chi connectivity index (χ1n) is 9.30. The van der Waals surface area contributed by atoms with Gasteiger partial charge < -0.3 is 14.8 Å². The topological polar surface area (TPSA) is 93.7 Å². The highest BCUT2D eigenvalue weighted by molar-refractivity contribution is 7.89. The minimum absolute atomic E-state index is 0.0623. The Balaban J connectivity index is 1.44. The van der Waals surface area contributed by atoms with Crippen LogP contribution in [-0.2, 0) is 16.6 Å². The summed E-state index contributed by atoms with van der Waals surface area (Å²) in [5, 5.41) is 2.98. The second-order valence-electron chi connectivity index (χ2n) is 6.99. The van der Waals surface area contributed by atoms with Crippen LogP contribution >= 0.6 is 0 Å². The molecule has 4 rings (SSSR count). The number of ether oxygens (including phenoxy) is 2. The summed E-state index contributed by atoms with van der Waals surface area (Å²) in [4.78, 5) is 12.5. The first-order chi connectivity index (χ1) is 13.5. The molecule has 1 amide bonds. The zero-order chi connectivity index (χ0) is 19.6. The molecule has 1 fully saturated rings. The Labute approximate surface area is 164 Å². The molecule has 0 saturated heterocycles. The maximum atomic E-state index is 12.7. The Kier molecular flexibility index (Phi) is 5.23. The Morgan fingerprint density at radius 2 is 1.82 bits per heavy atom. The number of nitrogens with one attached hydrogen (secondary N) is 2. The van der Waals surface area contributed by atoms with Crippen LogP contribution < -0.4 is 19.5 Å². The number of rotatable bonds is 6. The molecule has 0 spiro atoms. The molecule has 2 aromatic rings. The van der Waals surface area contributed by atoms with Crippen LogP contribution in [0.25, 0.3) is 0 Å². The van der Waals surface area contributed by atoms with Crippen LogP contribution in [0, 0.1) is 0 Å². The first-order valence-corrected chi connectivity index (χ1v) is 10.8. The van der Waals surface area contributed by atoms with Crippen molar-refractivity contribution in [3.8, 4) is 11.5 Å². The molecule has 2 aromatic carbocycles. The number of carbonyl (C=O) groups is 1. The lowest BCUT2D eigenvalue weighted by molar-refractivity contribution is 0.0937. The lowest BCUT2D eigenvalue weighted by Gasteiger charge is -2.13. The molecule has 148 valence electrons. The fourth-order valence-electron chi connectivity index (χ4n) is 3.46. The molecule has 1 aliphatic carbocycles. The van der Waals surface area contributed by atoms with E-state index in [2.05, 4.69) is 10.0 Å². The fourth-order valence-corrected chi connectivity index (χ4v) is 4.52. The molecule has 0 aromatic heterocycles. The third-order valence-electron chi connectivity index (χ3n) is 5.00. The van der Waals surface area contributed by atoms with Gasteiger partial charge in [-0.2, -0.15) is 0 Å². The normalized spacial score (nSPS) is 16.3. The van der Waals surface area contributed by atoms with Gasteiger partial charge in [-0.1, -0.05) is 25.0 Å². The van der Waals surface area contributed by atoms with Crippen molar-refractivity contribution >= 4 is 15.9 Å². The monoisotopic (exact) mass is 402 g/mol. The zero-order valence-electron chi connectivity index (χ0n) is 15.3. The number of amides is 1. The summed E-state index contributed by atoms with van der Waals surface area (Å²) in [5.74, 6) is 1.01. The second-order valence-corrected chi connectivity index (χ2v) is 8.76. The highest BCUT2D eigenvalue weighted by Crippen LogP contribution is 2.32. The molecule has 0 atom stereocenters. The van der Waals surface area contributed by atoms with E-state index < -0.39 is 10.0 Å². The van der Waals surface area contributed by atoms with Gasteiger partial charge in [0.1, 0.15) is 0 Å². The molecule has 7 nitrogen and oxygen atoms in total. The smallest absolute Gasteiger partial charge is 0.251 e. The third-order valence-corrected chi connectivity index (χ3v) is 6.40. The average molecular weight is 402 g/mol. The molecule has 2 aliphatic rings. The summed E-state index contributed by atoms with van der Waals surface area (Å²) < 4.78 is 38.4. The van der Waals surface area contributed by atoms with Crippen LogP contribution in [0.1, 0.15) is 41.6 Å². The molecule has 2 N–H and O–H groups in total. The Hall–Kier alpha value is -2.58. The van der Waals surface area contributed by atoms with Crippen molar-refractivity contribution in [1.82, 2.24) is 10.0 Å². The number of hydrogen-bond donors (Lipinski definition) is 2. The average Bonchev–Trinajstić information content (AvgIpc) is 3.38. The van der Waals surface area contributed by atoms with Crippen molar-refractivity contribution in [2.24, 2.45) is 0 Å². The van der Waals surface area contributed by atoms with E-state index in [9.17, 15) is 13.2 Å². The number of carbonyl (C=O) groups excluding carboxylic acids is 1. The molecular formula is C20H22N2O5S. The second kappa shape index (κ2) is 7.81.